The van der Waals surface area contributed by atoms with Gasteiger partial charge in [0.05, 0.1) is 6.61 Å². The fraction of sp³-hybridized carbons (Fsp3) is 0.385. The lowest BCUT2D eigenvalue weighted by Crippen LogP contribution is -2.47. The Morgan fingerprint density at radius 1 is 1.48 bits per heavy atom. The van der Waals surface area contributed by atoms with E-state index in [0.717, 1.165) is 17.8 Å². The summed E-state index contributed by atoms with van der Waals surface area (Å²) in [7, 11) is 0. The van der Waals surface area contributed by atoms with Gasteiger partial charge in [-0.25, -0.2) is 4.98 Å². The monoisotopic (exact) mass is 332 g/mol. The molecule has 1 fully saturated rings. The second-order valence-corrected chi connectivity index (χ2v) is 4.51. The van der Waals surface area contributed by atoms with Crippen LogP contribution in [-0.4, -0.2) is 41.1 Å². The maximum atomic E-state index is 11.9. The zero-order valence-electron chi connectivity index (χ0n) is 11.3. The number of amides is 1. The lowest BCUT2D eigenvalue weighted by Gasteiger charge is -2.22. The molecule has 2 aromatic rings. The number of fused-ring (bicyclic) bond motifs is 1. The molecule has 1 unspecified atom stereocenters. The third-order valence-electron chi connectivity index (χ3n) is 3.15. The Bertz CT molecular complexity index is 584. The van der Waals surface area contributed by atoms with Crippen molar-refractivity contribution >= 4 is 36.4 Å². The summed E-state index contributed by atoms with van der Waals surface area (Å²) in [5, 5.41) is 6.02. The number of hydrogen-bond acceptors (Lipinski definition) is 4. The molecule has 0 radical (unpaired) electrons. The number of pyridine rings is 1. The molecule has 6 nitrogen and oxygen atoms in total. The molecule has 0 spiro atoms. The average molecular weight is 333 g/mol. The van der Waals surface area contributed by atoms with E-state index < -0.39 is 0 Å². The lowest BCUT2D eigenvalue weighted by molar-refractivity contribution is -0.134. The van der Waals surface area contributed by atoms with E-state index >= 15 is 0 Å². The number of nitrogens with zero attached hydrogens (tertiary/aromatic N) is 2. The first-order valence-corrected chi connectivity index (χ1v) is 6.34. The summed E-state index contributed by atoms with van der Waals surface area (Å²) < 4.78 is 7.33. The molecule has 0 saturated carbocycles. The van der Waals surface area contributed by atoms with Gasteiger partial charge in [0.15, 0.2) is 0 Å². The molecule has 3 heterocycles. The highest BCUT2D eigenvalue weighted by Crippen LogP contribution is 2.05. The molecule has 1 aliphatic heterocycles. The van der Waals surface area contributed by atoms with E-state index in [1.54, 1.807) is 6.20 Å². The number of imidazole rings is 1. The fourth-order valence-electron chi connectivity index (χ4n) is 2.10. The van der Waals surface area contributed by atoms with E-state index in [1.165, 1.54) is 0 Å². The SMILES string of the molecule is Cl.Cl.O=C(NCc1ccn2ccnc2c1)C1CNCCO1. The van der Waals surface area contributed by atoms with E-state index in [0.29, 0.717) is 19.7 Å². The molecule has 0 aromatic carbocycles. The van der Waals surface area contributed by atoms with E-state index in [9.17, 15) is 4.79 Å². The highest BCUT2D eigenvalue weighted by atomic mass is 35.5. The predicted molar refractivity (Wildman–Crippen MR) is 84.1 cm³/mol. The van der Waals surface area contributed by atoms with Gasteiger partial charge < -0.3 is 19.8 Å². The van der Waals surface area contributed by atoms with Crippen molar-refractivity contribution in [3.63, 3.8) is 0 Å². The van der Waals surface area contributed by atoms with Gasteiger partial charge in [-0.2, -0.15) is 0 Å². The first kappa shape index (κ1) is 17.7. The fourth-order valence-corrected chi connectivity index (χ4v) is 2.10. The number of nitrogens with one attached hydrogen (secondary N) is 2. The van der Waals surface area contributed by atoms with Crippen molar-refractivity contribution in [2.24, 2.45) is 0 Å². The molecule has 0 bridgehead atoms. The van der Waals surface area contributed by atoms with Gasteiger partial charge >= 0.3 is 0 Å². The average Bonchev–Trinajstić information content (AvgIpc) is 2.93. The number of aromatic nitrogens is 2. The summed E-state index contributed by atoms with van der Waals surface area (Å²) in [4.78, 5) is 16.1. The Kier molecular flexibility index (Phi) is 6.91. The molecule has 116 valence electrons. The molecule has 3 rings (SSSR count). The van der Waals surface area contributed by atoms with Crippen LogP contribution in [0.25, 0.3) is 5.65 Å². The number of hydrogen-bond donors (Lipinski definition) is 2. The van der Waals surface area contributed by atoms with Gasteiger partial charge in [0.25, 0.3) is 5.91 Å². The minimum atomic E-state index is -0.385. The van der Waals surface area contributed by atoms with Crippen molar-refractivity contribution in [2.75, 3.05) is 19.7 Å². The Morgan fingerprint density at radius 2 is 2.33 bits per heavy atom. The van der Waals surface area contributed by atoms with Gasteiger partial charge in [-0.15, -0.1) is 24.8 Å². The van der Waals surface area contributed by atoms with Crippen molar-refractivity contribution in [1.82, 2.24) is 20.0 Å². The summed E-state index contributed by atoms with van der Waals surface area (Å²) in [6.45, 7) is 2.45. The highest BCUT2D eigenvalue weighted by Gasteiger charge is 2.21. The second kappa shape index (κ2) is 8.19. The largest absolute Gasteiger partial charge is 0.366 e. The normalized spacial score (nSPS) is 17.6. The number of morpholine rings is 1. The van der Waals surface area contributed by atoms with Crippen molar-refractivity contribution in [1.29, 1.82) is 0 Å². The number of carbonyl (C=O) groups is 1. The number of rotatable bonds is 3. The first-order valence-electron chi connectivity index (χ1n) is 6.34. The van der Waals surface area contributed by atoms with Gasteiger partial charge in [-0.1, -0.05) is 0 Å². The first-order chi connectivity index (χ1) is 9.33. The third-order valence-corrected chi connectivity index (χ3v) is 3.15. The van der Waals surface area contributed by atoms with Crippen LogP contribution in [0.15, 0.2) is 30.7 Å². The van der Waals surface area contributed by atoms with Crippen LogP contribution in [-0.2, 0) is 16.1 Å². The van der Waals surface area contributed by atoms with Crippen LogP contribution >= 0.6 is 24.8 Å². The van der Waals surface area contributed by atoms with E-state index in [-0.39, 0.29) is 36.8 Å². The standard InChI is InChI=1S/C13H16N4O2.2ClH/c18-13(11-9-14-3-6-19-11)16-8-10-1-4-17-5-2-15-12(17)7-10;;/h1-2,4-5,7,11,14H,3,6,8-9H2,(H,16,18);2*1H. The molecule has 1 amide bonds. The van der Waals surface area contributed by atoms with Gasteiger partial charge in [0.1, 0.15) is 11.8 Å². The Morgan fingerprint density at radius 3 is 3.10 bits per heavy atom. The van der Waals surface area contributed by atoms with Gasteiger partial charge in [-0.05, 0) is 17.7 Å². The van der Waals surface area contributed by atoms with Crippen LogP contribution in [0.3, 0.4) is 0 Å². The smallest absolute Gasteiger partial charge is 0.250 e. The van der Waals surface area contributed by atoms with Crippen LogP contribution < -0.4 is 10.6 Å². The molecule has 0 aliphatic carbocycles. The van der Waals surface area contributed by atoms with Gasteiger partial charge in [0.2, 0.25) is 0 Å². The summed E-state index contributed by atoms with van der Waals surface area (Å²) >= 11 is 0. The minimum absolute atomic E-state index is 0. The molecular formula is C13H18Cl2N4O2. The zero-order chi connectivity index (χ0) is 13.1. The molecule has 8 heteroatoms. The van der Waals surface area contributed by atoms with Crippen LogP contribution in [0.4, 0.5) is 0 Å². The maximum Gasteiger partial charge on any atom is 0.250 e. The van der Waals surface area contributed by atoms with Crippen molar-refractivity contribution in [3.05, 3.63) is 36.3 Å². The molecule has 2 aromatic heterocycles. The van der Waals surface area contributed by atoms with Gasteiger partial charge in [0, 0.05) is 38.2 Å². The maximum absolute atomic E-state index is 11.9. The van der Waals surface area contributed by atoms with Crippen LogP contribution in [0.1, 0.15) is 5.56 Å². The zero-order valence-corrected chi connectivity index (χ0v) is 13.0. The topological polar surface area (TPSA) is 67.7 Å². The van der Waals surface area contributed by atoms with Crippen LogP contribution in [0.2, 0.25) is 0 Å². The van der Waals surface area contributed by atoms with Crippen molar-refractivity contribution in [3.8, 4) is 0 Å². The summed E-state index contributed by atoms with van der Waals surface area (Å²) in [5.41, 5.74) is 1.90. The number of carbonyl (C=O) groups excluding carboxylic acids is 1. The summed E-state index contributed by atoms with van der Waals surface area (Å²) in [5.74, 6) is -0.0737. The predicted octanol–water partition coefficient (Wildman–Crippen LogP) is 0.782. The third kappa shape index (κ3) is 4.31. The van der Waals surface area contributed by atoms with E-state index in [1.807, 2.05) is 28.9 Å². The number of ether oxygens (including phenoxy) is 1. The molecule has 21 heavy (non-hydrogen) atoms. The Labute approximate surface area is 135 Å². The van der Waals surface area contributed by atoms with Crippen LogP contribution in [0.5, 0.6) is 0 Å². The molecule has 2 N–H and O–H groups in total. The summed E-state index contributed by atoms with van der Waals surface area (Å²) in [6, 6.07) is 3.93. The van der Waals surface area contributed by atoms with E-state index in [4.69, 9.17) is 4.74 Å². The Balaban J connectivity index is 0.00000110. The summed E-state index contributed by atoms with van der Waals surface area (Å²) in [6.07, 6.45) is 5.19. The Hall–Kier alpha value is -1.34. The van der Waals surface area contributed by atoms with Crippen molar-refractivity contribution < 1.29 is 9.53 Å². The second-order valence-electron chi connectivity index (χ2n) is 4.51. The number of halogens is 2. The molecule has 1 saturated heterocycles. The van der Waals surface area contributed by atoms with Crippen molar-refractivity contribution in [2.45, 2.75) is 12.6 Å². The minimum Gasteiger partial charge on any atom is -0.366 e. The van der Waals surface area contributed by atoms with E-state index in [2.05, 4.69) is 15.6 Å². The van der Waals surface area contributed by atoms with Gasteiger partial charge in [-0.3, -0.25) is 4.79 Å². The highest BCUT2D eigenvalue weighted by molar-refractivity contribution is 5.85. The van der Waals surface area contributed by atoms with Crippen LogP contribution in [0, 0.1) is 0 Å². The lowest BCUT2D eigenvalue weighted by atomic mass is 10.2. The molecular weight excluding hydrogens is 315 g/mol. The molecule has 1 aliphatic rings. The molecule has 1 atom stereocenters. The quantitative estimate of drug-likeness (QED) is 0.871.